The third-order valence-electron chi connectivity index (χ3n) is 2.88. The lowest BCUT2D eigenvalue weighted by molar-refractivity contribution is 0.234. The highest BCUT2D eigenvalue weighted by molar-refractivity contribution is 7.91. The summed E-state index contributed by atoms with van der Waals surface area (Å²) < 4.78 is 47.4. The average Bonchev–Trinajstić information content (AvgIpc) is 2.75. The second-order valence-electron chi connectivity index (χ2n) is 4.42. The van der Waals surface area contributed by atoms with Gasteiger partial charge in [0.1, 0.15) is 0 Å². The third-order valence-corrected chi connectivity index (χ3v) is 5.20. The van der Waals surface area contributed by atoms with Crippen LogP contribution in [0.3, 0.4) is 0 Å². The fraction of sp³-hybridized carbons (Fsp3) is 0.308. The van der Waals surface area contributed by atoms with Gasteiger partial charge >= 0.3 is 5.76 Å². The molecule has 21 heavy (non-hydrogen) atoms. The van der Waals surface area contributed by atoms with Gasteiger partial charge in [-0.05, 0) is 38.1 Å². The molecule has 0 fully saturated rings. The molecule has 0 saturated heterocycles. The molecule has 0 aliphatic heterocycles. The van der Waals surface area contributed by atoms with Gasteiger partial charge in [-0.1, -0.05) is 0 Å². The zero-order chi connectivity index (χ0) is 15.6. The van der Waals surface area contributed by atoms with E-state index >= 15 is 0 Å². The Balaban J connectivity index is 2.08. The van der Waals surface area contributed by atoms with Crippen LogP contribution in [0.25, 0.3) is 0 Å². The number of aromatic nitrogens is 1. The largest absolute Gasteiger partial charge is 0.379 e. The van der Waals surface area contributed by atoms with E-state index in [1.165, 1.54) is 24.3 Å². The van der Waals surface area contributed by atoms with Gasteiger partial charge in [0, 0.05) is 10.6 Å². The number of nitrogens with zero attached hydrogens (tertiary/aromatic N) is 1. The molecule has 2 rings (SSSR count). The van der Waals surface area contributed by atoms with Gasteiger partial charge in [0.25, 0.3) is 0 Å². The molecule has 1 N–H and O–H groups in total. The van der Waals surface area contributed by atoms with Gasteiger partial charge in [-0.25, -0.2) is 13.4 Å². The predicted octanol–water partition coefficient (Wildman–Crippen LogP) is 3.37. The van der Waals surface area contributed by atoms with E-state index < -0.39 is 15.6 Å². The molecule has 0 amide bonds. The van der Waals surface area contributed by atoms with Crippen molar-refractivity contribution in [2.45, 2.75) is 31.0 Å². The van der Waals surface area contributed by atoms with Crippen molar-refractivity contribution >= 4 is 26.9 Å². The Morgan fingerprint density at radius 2 is 1.86 bits per heavy atom. The van der Waals surface area contributed by atoms with E-state index in [2.05, 4.69) is 10.3 Å². The van der Waals surface area contributed by atoms with Crippen LogP contribution in [0.15, 0.2) is 29.2 Å². The number of thiazole rings is 1. The molecule has 0 aliphatic rings. The highest BCUT2D eigenvalue weighted by atomic mass is 32.2. The Kier molecular flexibility index (Phi) is 4.58. The third kappa shape index (κ3) is 3.56. The van der Waals surface area contributed by atoms with Crippen LogP contribution in [0.1, 0.15) is 15.6 Å². The second kappa shape index (κ2) is 6.07. The van der Waals surface area contributed by atoms with Crippen molar-refractivity contribution in [2.75, 3.05) is 5.32 Å². The van der Waals surface area contributed by atoms with Crippen molar-refractivity contribution < 1.29 is 17.2 Å². The summed E-state index contributed by atoms with van der Waals surface area (Å²) in [5, 5.41) is 4.06. The number of halogens is 2. The van der Waals surface area contributed by atoms with Crippen LogP contribution < -0.4 is 5.32 Å². The zero-order valence-electron chi connectivity index (χ0n) is 11.4. The lowest BCUT2D eigenvalue weighted by Crippen LogP contribution is -2.11. The van der Waals surface area contributed by atoms with Crippen molar-refractivity contribution in [2.24, 2.45) is 0 Å². The summed E-state index contributed by atoms with van der Waals surface area (Å²) in [6.45, 7) is 4.39. The van der Waals surface area contributed by atoms with E-state index in [1.54, 1.807) is 11.3 Å². The molecule has 1 heterocycles. The standard InChI is InChI=1S/C13H14F2N2O2S2/c1-8-12(17-9(2)20-8)7-16-10-3-5-11(6-4-10)21(18,19)13(14)15/h3-6,13,16H,7H2,1-2H3. The number of nitrogens with one attached hydrogen (secondary N) is 1. The minimum absolute atomic E-state index is 0.385. The molecular weight excluding hydrogens is 318 g/mol. The van der Waals surface area contributed by atoms with Crippen LogP contribution >= 0.6 is 11.3 Å². The summed E-state index contributed by atoms with van der Waals surface area (Å²) in [5.41, 5.74) is 1.56. The Hall–Kier alpha value is -1.54. The van der Waals surface area contributed by atoms with E-state index in [9.17, 15) is 17.2 Å². The molecular formula is C13H14F2N2O2S2. The van der Waals surface area contributed by atoms with Gasteiger partial charge in [-0.15, -0.1) is 11.3 Å². The van der Waals surface area contributed by atoms with Gasteiger partial charge in [-0.2, -0.15) is 8.78 Å². The van der Waals surface area contributed by atoms with E-state index in [0.29, 0.717) is 12.2 Å². The maximum Gasteiger partial charge on any atom is 0.341 e. The lowest BCUT2D eigenvalue weighted by atomic mass is 10.3. The monoisotopic (exact) mass is 332 g/mol. The Morgan fingerprint density at radius 1 is 1.24 bits per heavy atom. The highest BCUT2D eigenvalue weighted by Gasteiger charge is 2.26. The van der Waals surface area contributed by atoms with Gasteiger partial charge in [0.2, 0.25) is 9.84 Å². The Bertz CT molecular complexity index is 725. The number of aryl methyl sites for hydroxylation is 2. The maximum atomic E-state index is 12.4. The molecule has 0 saturated carbocycles. The fourth-order valence-corrected chi connectivity index (χ4v) is 3.34. The molecule has 2 aromatic rings. The summed E-state index contributed by atoms with van der Waals surface area (Å²) in [5.74, 6) is -3.41. The van der Waals surface area contributed by atoms with Crippen LogP contribution in [0.2, 0.25) is 0 Å². The highest BCUT2D eigenvalue weighted by Crippen LogP contribution is 2.21. The number of rotatable bonds is 5. The molecule has 1 aromatic heterocycles. The minimum Gasteiger partial charge on any atom is -0.379 e. The van der Waals surface area contributed by atoms with Gasteiger partial charge < -0.3 is 5.32 Å². The van der Waals surface area contributed by atoms with Crippen molar-refractivity contribution in [1.29, 1.82) is 0 Å². The van der Waals surface area contributed by atoms with Gasteiger partial charge in [0.15, 0.2) is 0 Å². The summed E-state index contributed by atoms with van der Waals surface area (Å²) in [6, 6.07) is 5.26. The van der Waals surface area contributed by atoms with E-state index in [0.717, 1.165) is 15.6 Å². The number of anilines is 1. The average molecular weight is 332 g/mol. The van der Waals surface area contributed by atoms with Crippen molar-refractivity contribution in [3.8, 4) is 0 Å². The molecule has 0 radical (unpaired) electrons. The van der Waals surface area contributed by atoms with Crippen molar-refractivity contribution in [1.82, 2.24) is 4.98 Å². The Morgan fingerprint density at radius 3 is 2.33 bits per heavy atom. The van der Waals surface area contributed by atoms with Crippen molar-refractivity contribution in [3.63, 3.8) is 0 Å². The SMILES string of the molecule is Cc1nc(CNc2ccc(S(=O)(=O)C(F)F)cc2)c(C)s1. The zero-order valence-corrected chi connectivity index (χ0v) is 13.1. The second-order valence-corrected chi connectivity index (χ2v) is 7.74. The smallest absolute Gasteiger partial charge is 0.341 e. The molecule has 1 aromatic carbocycles. The first-order valence-electron chi connectivity index (χ1n) is 6.09. The van der Waals surface area contributed by atoms with Crippen LogP contribution in [0, 0.1) is 13.8 Å². The van der Waals surface area contributed by atoms with Crippen LogP contribution in [0.5, 0.6) is 0 Å². The number of sulfone groups is 1. The summed E-state index contributed by atoms with van der Waals surface area (Å²) in [6.07, 6.45) is 0. The first kappa shape index (κ1) is 15.8. The molecule has 0 bridgehead atoms. The van der Waals surface area contributed by atoms with Crippen molar-refractivity contribution in [3.05, 3.63) is 39.8 Å². The van der Waals surface area contributed by atoms with Gasteiger partial charge in [0.05, 0.1) is 22.1 Å². The fourth-order valence-electron chi connectivity index (χ4n) is 1.79. The molecule has 0 atom stereocenters. The van der Waals surface area contributed by atoms with Crippen LogP contribution in [-0.4, -0.2) is 19.2 Å². The molecule has 0 spiro atoms. The van der Waals surface area contributed by atoms with E-state index in [4.69, 9.17) is 0 Å². The van der Waals surface area contributed by atoms with Gasteiger partial charge in [-0.3, -0.25) is 0 Å². The maximum absolute atomic E-state index is 12.4. The summed E-state index contributed by atoms with van der Waals surface area (Å²) >= 11 is 1.60. The number of alkyl halides is 2. The first-order valence-corrected chi connectivity index (χ1v) is 8.46. The van der Waals surface area contributed by atoms with Crippen LogP contribution in [-0.2, 0) is 16.4 Å². The lowest BCUT2D eigenvalue weighted by Gasteiger charge is -2.07. The van der Waals surface area contributed by atoms with Crippen LogP contribution in [0.4, 0.5) is 14.5 Å². The molecule has 8 heteroatoms. The van der Waals surface area contributed by atoms with E-state index in [1.807, 2.05) is 13.8 Å². The molecule has 0 unspecified atom stereocenters. The first-order chi connectivity index (χ1) is 9.80. The summed E-state index contributed by atoms with van der Waals surface area (Å²) in [4.78, 5) is 5.09. The molecule has 114 valence electrons. The molecule has 4 nitrogen and oxygen atoms in total. The quantitative estimate of drug-likeness (QED) is 0.912. The number of benzene rings is 1. The molecule has 0 aliphatic carbocycles. The Labute approximate surface area is 125 Å². The number of hydrogen-bond donors (Lipinski definition) is 1. The normalized spacial score (nSPS) is 11.9. The summed E-state index contributed by atoms with van der Waals surface area (Å²) in [7, 11) is -4.54. The predicted molar refractivity (Wildman–Crippen MR) is 78.5 cm³/mol. The topological polar surface area (TPSA) is 59.1 Å². The van der Waals surface area contributed by atoms with E-state index in [-0.39, 0.29) is 4.90 Å². The number of hydrogen-bond acceptors (Lipinski definition) is 5. The minimum atomic E-state index is -4.54.